The molecule has 0 aliphatic carbocycles. The molecular weight excluding hydrogens is 236 g/mol. The Balaban J connectivity index is 1.93. The second-order valence-corrected chi connectivity index (χ2v) is 6.71. The summed E-state index contributed by atoms with van der Waals surface area (Å²) in [7, 11) is 0. The Kier molecular flexibility index (Phi) is 3.06. The van der Waals surface area contributed by atoms with Crippen molar-refractivity contribution in [3.8, 4) is 5.75 Å². The Hall–Kier alpha value is -1.06. The van der Waals surface area contributed by atoms with Gasteiger partial charge in [-0.15, -0.1) is 0 Å². The third kappa shape index (κ3) is 2.37. The van der Waals surface area contributed by atoms with Crippen molar-refractivity contribution in [2.24, 2.45) is 11.7 Å². The molecule has 2 heterocycles. The van der Waals surface area contributed by atoms with Gasteiger partial charge in [-0.1, -0.05) is 25.1 Å². The number of para-hydroxylation sites is 1. The van der Waals surface area contributed by atoms with Gasteiger partial charge in [0, 0.05) is 37.2 Å². The number of rotatable bonds is 1. The lowest BCUT2D eigenvalue weighted by Gasteiger charge is -2.41. The smallest absolute Gasteiger partial charge is 0.124 e. The molecule has 3 heteroatoms. The third-order valence-electron chi connectivity index (χ3n) is 4.49. The molecule has 1 aromatic carbocycles. The molecule has 1 aromatic rings. The minimum absolute atomic E-state index is 0.102. The number of nitrogens with two attached hydrogens (primary N) is 1. The topological polar surface area (TPSA) is 38.5 Å². The van der Waals surface area contributed by atoms with Gasteiger partial charge >= 0.3 is 0 Å². The van der Waals surface area contributed by atoms with Gasteiger partial charge in [0.2, 0.25) is 0 Å². The number of benzene rings is 1. The van der Waals surface area contributed by atoms with Crippen molar-refractivity contribution in [2.45, 2.75) is 44.9 Å². The highest BCUT2D eigenvalue weighted by molar-refractivity contribution is 5.39. The van der Waals surface area contributed by atoms with Crippen LogP contribution in [0.25, 0.3) is 0 Å². The maximum Gasteiger partial charge on any atom is 0.124 e. The lowest BCUT2D eigenvalue weighted by atomic mass is 9.89. The summed E-state index contributed by atoms with van der Waals surface area (Å²) in [6, 6.07) is 9.18. The Morgan fingerprint density at radius 3 is 2.68 bits per heavy atom. The van der Waals surface area contributed by atoms with E-state index in [4.69, 9.17) is 10.5 Å². The van der Waals surface area contributed by atoms with Crippen LogP contribution in [-0.4, -0.2) is 29.6 Å². The summed E-state index contributed by atoms with van der Waals surface area (Å²) in [5.74, 6) is 1.62. The van der Waals surface area contributed by atoms with Gasteiger partial charge < -0.3 is 10.5 Å². The molecule has 104 valence electrons. The van der Waals surface area contributed by atoms with Crippen LogP contribution in [0.2, 0.25) is 0 Å². The highest BCUT2D eigenvalue weighted by atomic mass is 16.5. The van der Waals surface area contributed by atoms with E-state index in [1.54, 1.807) is 0 Å². The lowest BCUT2D eigenvalue weighted by molar-refractivity contribution is 0.0356. The van der Waals surface area contributed by atoms with Gasteiger partial charge in [0.1, 0.15) is 11.4 Å². The summed E-state index contributed by atoms with van der Waals surface area (Å²) in [5, 5.41) is 0. The second kappa shape index (κ2) is 4.50. The standard InChI is InChI=1S/C16H24N2O/c1-11-9-18(10-13(11)17)14-8-16(2,3)19-15-7-5-4-6-12(14)15/h4-7,11,13-14H,8-10,17H2,1-3H3. The van der Waals surface area contributed by atoms with E-state index in [-0.39, 0.29) is 5.60 Å². The van der Waals surface area contributed by atoms with Gasteiger partial charge in [-0.05, 0) is 25.8 Å². The Morgan fingerprint density at radius 1 is 1.26 bits per heavy atom. The lowest BCUT2D eigenvalue weighted by Crippen LogP contribution is -2.41. The Bertz CT molecular complexity index is 462. The van der Waals surface area contributed by atoms with Crippen LogP contribution in [0.15, 0.2) is 24.3 Å². The van der Waals surface area contributed by atoms with E-state index < -0.39 is 0 Å². The van der Waals surface area contributed by atoms with Crippen LogP contribution in [0.4, 0.5) is 0 Å². The molecule has 1 fully saturated rings. The zero-order valence-electron chi connectivity index (χ0n) is 12.1. The van der Waals surface area contributed by atoms with E-state index >= 15 is 0 Å². The number of likely N-dealkylation sites (tertiary alicyclic amines) is 1. The monoisotopic (exact) mass is 260 g/mol. The maximum atomic E-state index is 6.19. The maximum absolute atomic E-state index is 6.19. The highest BCUT2D eigenvalue weighted by Gasteiger charge is 2.40. The summed E-state index contributed by atoms with van der Waals surface area (Å²) < 4.78 is 6.10. The molecule has 19 heavy (non-hydrogen) atoms. The molecule has 0 bridgehead atoms. The van der Waals surface area contributed by atoms with Gasteiger partial charge in [0.25, 0.3) is 0 Å². The molecule has 3 rings (SSSR count). The number of hydrogen-bond acceptors (Lipinski definition) is 3. The zero-order chi connectivity index (χ0) is 13.6. The van der Waals surface area contributed by atoms with Crippen LogP contribution in [0, 0.1) is 5.92 Å². The van der Waals surface area contributed by atoms with Crippen molar-refractivity contribution >= 4 is 0 Å². The van der Waals surface area contributed by atoms with Gasteiger partial charge in [-0.2, -0.15) is 0 Å². The predicted octanol–water partition coefficient (Wildman–Crippen LogP) is 2.57. The molecule has 3 atom stereocenters. The van der Waals surface area contributed by atoms with Crippen molar-refractivity contribution in [1.82, 2.24) is 4.90 Å². The van der Waals surface area contributed by atoms with Crippen LogP contribution >= 0.6 is 0 Å². The van der Waals surface area contributed by atoms with Crippen molar-refractivity contribution in [1.29, 1.82) is 0 Å². The highest BCUT2D eigenvalue weighted by Crippen LogP contribution is 2.43. The first-order valence-corrected chi connectivity index (χ1v) is 7.24. The minimum Gasteiger partial charge on any atom is -0.487 e. The molecule has 1 saturated heterocycles. The summed E-state index contributed by atoms with van der Waals surface area (Å²) in [4.78, 5) is 2.54. The molecule has 0 radical (unpaired) electrons. The molecule has 0 saturated carbocycles. The molecule has 2 aliphatic heterocycles. The first-order valence-electron chi connectivity index (χ1n) is 7.24. The molecule has 3 nitrogen and oxygen atoms in total. The normalized spacial score (nSPS) is 33.8. The second-order valence-electron chi connectivity index (χ2n) is 6.71. The molecule has 0 amide bonds. The molecule has 2 N–H and O–H groups in total. The largest absolute Gasteiger partial charge is 0.487 e. The van der Waals surface area contributed by atoms with E-state index in [1.807, 2.05) is 0 Å². The van der Waals surface area contributed by atoms with Crippen molar-refractivity contribution in [2.75, 3.05) is 13.1 Å². The summed E-state index contributed by atoms with van der Waals surface area (Å²) in [6.07, 6.45) is 1.03. The number of hydrogen-bond donors (Lipinski definition) is 1. The fourth-order valence-electron chi connectivity index (χ4n) is 3.37. The van der Waals surface area contributed by atoms with Gasteiger partial charge in [0.15, 0.2) is 0 Å². The van der Waals surface area contributed by atoms with Gasteiger partial charge in [-0.25, -0.2) is 0 Å². The first kappa shape index (κ1) is 12.9. The van der Waals surface area contributed by atoms with Crippen molar-refractivity contribution in [3.63, 3.8) is 0 Å². The first-order chi connectivity index (χ1) is 8.96. The SMILES string of the molecule is CC1CN(C2CC(C)(C)Oc3ccccc32)CC1N. The van der Waals surface area contributed by atoms with Crippen molar-refractivity contribution in [3.05, 3.63) is 29.8 Å². The Morgan fingerprint density at radius 2 is 2.00 bits per heavy atom. The summed E-state index contributed by atoms with van der Waals surface area (Å²) in [5.41, 5.74) is 7.41. The van der Waals surface area contributed by atoms with Crippen LogP contribution in [0.1, 0.15) is 38.8 Å². The van der Waals surface area contributed by atoms with E-state index in [0.29, 0.717) is 18.0 Å². The molecule has 3 unspecified atom stereocenters. The third-order valence-corrected chi connectivity index (χ3v) is 4.49. The fraction of sp³-hybridized carbons (Fsp3) is 0.625. The van der Waals surface area contributed by atoms with Crippen LogP contribution in [0.5, 0.6) is 5.75 Å². The average Bonchev–Trinajstić information content (AvgIpc) is 2.67. The van der Waals surface area contributed by atoms with E-state index in [1.165, 1.54) is 5.56 Å². The molecule has 0 aromatic heterocycles. The van der Waals surface area contributed by atoms with Crippen molar-refractivity contribution < 1.29 is 4.74 Å². The van der Waals surface area contributed by atoms with E-state index in [0.717, 1.165) is 25.3 Å². The average molecular weight is 260 g/mol. The molecule has 2 aliphatic rings. The van der Waals surface area contributed by atoms with Crippen LogP contribution < -0.4 is 10.5 Å². The summed E-state index contributed by atoms with van der Waals surface area (Å²) >= 11 is 0. The number of ether oxygens (including phenoxy) is 1. The number of fused-ring (bicyclic) bond motifs is 1. The quantitative estimate of drug-likeness (QED) is 0.843. The molecule has 0 spiro atoms. The molecular formula is C16H24N2O. The predicted molar refractivity (Wildman–Crippen MR) is 77.2 cm³/mol. The van der Waals surface area contributed by atoms with E-state index in [2.05, 4.69) is 49.9 Å². The number of nitrogens with zero attached hydrogens (tertiary/aromatic N) is 1. The minimum atomic E-state index is -0.102. The zero-order valence-corrected chi connectivity index (χ0v) is 12.1. The van der Waals surface area contributed by atoms with Gasteiger partial charge in [0.05, 0.1) is 0 Å². The van der Waals surface area contributed by atoms with E-state index in [9.17, 15) is 0 Å². The van der Waals surface area contributed by atoms with Gasteiger partial charge in [-0.3, -0.25) is 4.90 Å². The van der Waals surface area contributed by atoms with Crippen LogP contribution in [0.3, 0.4) is 0 Å². The van der Waals surface area contributed by atoms with Crippen LogP contribution in [-0.2, 0) is 0 Å². The fourth-order valence-corrected chi connectivity index (χ4v) is 3.37. The Labute approximate surface area is 115 Å². The summed E-state index contributed by atoms with van der Waals surface area (Å²) in [6.45, 7) is 8.69.